The number of fused-ring (bicyclic) bond motifs is 1. The van der Waals surface area contributed by atoms with E-state index < -0.39 is 11.5 Å². The van der Waals surface area contributed by atoms with Crippen molar-refractivity contribution in [3.05, 3.63) is 33.2 Å². The van der Waals surface area contributed by atoms with E-state index in [0.29, 0.717) is 37.2 Å². The summed E-state index contributed by atoms with van der Waals surface area (Å²) in [6.07, 6.45) is 1.05. The molecule has 0 saturated carbocycles. The van der Waals surface area contributed by atoms with Crippen LogP contribution >= 0.6 is 12.4 Å². The van der Waals surface area contributed by atoms with Gasteiger partial charge in [-0.25, -0.2) is 0 Å². The number of aromatic amines is 1. The molecule has 1 heterocycles. The number of amides is 1. The van der Waals surface area contributed by atoms with Crippen LogP contribution in [0.4, 0.5) is 0 Å². The van der Waals surface area contributed by atoms with Crippen LogP contribution in [0.1, 0.15) is 53.6 Å². The Bertz CT molecular complexity index is 652. The molecule has 0 spiro atoms. The lowest BCUT2D eigenvalue weighted by molar-refractivity contribution is 0.0910. The largest absolute Gasteiger partial charge is 0.351 e. The molecular formula is C16H24ClN3O3. The minimum Gasteiger partial charge on any atom is -0.351 e. The molecule has 3 N–H and O–H groups in total. The SMILES string of the molecule is CCNCCNC(=O)c1cc2c([nH]c1=O)CC(C)(C)CC2=O.Cl. The maximum atomic E-state index is 12.2. The Balaban J connectivity index is 0.00000264. The van der Waals surface area contributed by atoms with E-state index in [9.17, 15) is 14.4 Å². The van der Waals surface area contributed by atoms with Crippen molar-refractivity contribution in [3.8, 4) is 0 Å². The lowest BCUT2D eigenvalue weighted by atomic mass is 9.75. The van der Waals surface area contributed by atoms with E-state index in [1.54, 1.807) is 0 Å². The van der Waals surface area contributed by atoms with E-state index in [-0.39, 0.29) is 29.2 Å². The number of likely N-dealkylation sites (N-methyl/N-ethyl adjacent to an activating group) is 1. The van der Waals surface area contributed by atoms with Gasteiger partial charge in [0.1, 0.15) is 5.56 Å². The smallest absolute Gasteiger partial charge is 0.261 e. The van der Waals surface area contributed by atoms with Crippen molar-refractivity contribution in [1.29, 1.82) is 0 Å². The lowest BCUT2D eigenvalue weighted by Crippen LogP contribution is -2.37. The second-order valence-electron chi connectivity index (χ2n) is 6.45. The molecule has 0 aliphatic heterocycles. The Kier molecular flexibility index (Phi) is 6.53. The van der Waals surface area contributed by atoms with Crippen LogP contribution in [-0.4, -0.2) is 36.3 Å². The van der Waals surface area contributed by atoms with Crippen molar-refractivity contribution in [2.75, 3.05) is 19.6 Å². The number of hydrogen-bond donors (Lipinski definition) is 3. The van der Waals surface area contributed by atoms with Crippen LogP contribution in [0.5, 0.6) is 0 Å². The highest BCUT2D eigenvalue weighted by Gasteiger charge is 2.32. The fraction of sp³-hybridized carbons (Fsp3) is 0.562. The van der Waals surface area contributed by atoms with Gasteiger partial charge in [0.25, 0.3) is 11.5 Å². The Morgan fingerprint density at radius 1 is 1.26 bits per heavy atom. The summed E-state index contributed by atoms with van der Waals surface area (Å²) < 4.78 is 0. The maximum absolute atomic E-state index is 12.2. The van der Waals surface area contributed by atoms with Crippen LogP contribution < -0.4 is 16.2 Å². The van der Waals surface area contributed by atoms with Gasteiger partial charge in [-0.1, -0.05) is 20.8 Å². The second-order valence-corrected chi connectivity index (χ2v) is 6.45. The fourth-order valence-corrected chi connectivity index (χ4v) is 2.73. The van der Waals surface area contributed by atoms with E-state index in [2.05, 4.69) is 15.6 Å². The molecule has 2 rings (SSSR count). The van der Waals surface area contributed by atoms with Gasteiger partial charge in [0.05, 0.1) is 0 Å². The zero-order valence-corrected chi connectivity index (χ0v) is 14.6. The molecule has 23 heavy (non-hydrogen) atoms. The summed E-state index contributed by atoms with van der Waals surface area (Å²) in [7, 11) is 0. The number of halogens is 1. The van der Waals surface area contributed by atoms with Gasteiger partial charge in [0.15, 0.2) is 5.78 Å². The molecule has 1 amide bonds. The van der Waals surface area contributed by atoms with Crippen molar-refractivity contribution < 1.29 is 9.59 Å². The minimum atomic E-state index is -0.445. The van der Waals surface area contributed by atoms with Crippen molar-refractivity contribution >= 4 is 24.1 Å². The van der Waals surface area contributed by atoms with E-state index in [0.717, 1.165) is 6.54 Å². The summed E-state index contributed by atoms with van der Waals surface area (Å²) >= 11 is 0. The third-order valence-electron chi connectivity index (χ3n) is 3.80. The van der Waals surface area contributed by atoms with Gasteiger partial charge in [-0.2, -0.15) is 0 Å². The normalized spacial score (nSPS) is 15.5. The van der Waals surface area contributed by atoms with Crippen molar-refractivity contribution in [2.45, 2.75) is 33.6 Å². The number of carbonyl (C=O) groups excluding carboxylic acids is 2. The molecule has 128 valence electrons. The first-order valence-electron chi connectivity index (χ1n) is 7.62. The summed E-state index contributed by atoms with van der Waals surface area (Å²) in [6.45, 7) is 7.85. The summed E-state index contributed by atoms with van der Waals surface area (Å²) in [4.78, 5) is 39.1. The van der Waals surface area contributed by atoms with Crippen LogP contribution in [0.3, 0.4) is 0 Å². The summed E-state index contributed by atoms with van der Waals surface area (Å²) in [5.41, 5.74) is 0.502. The van der Waals surface area contributed by atoms with Gasteiger partial charge in [0, 0.05) is 30.8 Å². The fourth-order valence-electron chi connectivity index (χ4n) is 2.73. The van der Waals surface area contributed by atoms with Gasteiger partial charge in [-0.05, 0) is 24.4 Å². The monoisotopic (exact) mass is 341 g/mol. The topological polar surface area (TPSA) is 91.1 Å². The van der Waals surface area contributed by atoms with E-state index in [1.807, 2.05) is 20.8 Å². The first-order valence-corrected chi connectivity index (χ1v) is 7.62. The number of pyridine rings is 1. The third-order valence-corrected chi connectivity index (χ3v) is 3.80. The Hall–Kier alpha value is -1.66. The van der Waals surface area contributed by atoms with Gasteiger partial charge in [0.2, 0.25) is 0 Å². The average molecular weight is 342 g/mol. The average Bonchev–Trinajstić information content (AvgIpc) is 2.41. The van der Waals surface area contributed by atoms with Gasteiger partial charge in [-0.15, -0.1) is 12.4 Å². The van der Waals surface area contributed by atoms with Crippen LogP contribution in [-0.2, 0) is 6.42 Å². The Morgan fingerprint density at radius 2 is 1.96 bits per heavy atom. The van der Waals surface area contributed by atoms with Crippen LogP contribution in [0.25, 0.3) is 0 Å². The van der Waals surface area contributed by atoms with Gasteiger partial charge in [-0.3, -0.25) is 14.4 Å². The Labute approximate surface area is 141 Å². The van der Waals surface area contributed by atoms with Crippen molar-refractivity contribution in [3.63, 3.8) is 0 Å². The molecule has 0 saturated heterocycles. The summed E-state index contributed by atoms with van der Waals surface area (Å²) in [5, 5.41) is 5.76. The molecule has 1 aromatic heterocycles. The molecule has 0 aromatic carbocycles. The molecule has 1 aliphatic carbocycles. The van der Waals surface area contributed by atoms with E-state index >= 15 is 0 Å². The highest BCUT2D eigenvalue weighted by atomic mass is 35.5. The first-order chi connectivity index (χ1) is 10.3. The number of H-pyrrole nitrogens is 1. The van der Waals surface area contributed by atoms with Crippen LogP contribution in [0.2, 0.25) is 0 Å². The minimum absolute atomic E-state index is 0. The summed E-state index contributed by atoms with van der Waals surface area (Å²) in [6, 6.07) is 1.44. The Morgan fingerprint density at radius 3 is 2.61 bits per heavy atom. The summed E-state index contributed by atoms with van der Waals surface area (Å²) in [5.74, 6) is -0.469. The van der Waals surface area contributed by atoms with Crippen molar-refractivity contribution in [2.24, 2.45) is 5.41 Å². The number of carbonyl (C=O) groups is 2. The highest BCUT2D eigenvalue weighted by Crippen LogP contribution is 2.33. The number of hydrogen-bond acceptors (Lipinski definition) is 4. The molecule has 0 atom stereocenters. The molecule has 0 fully saturated rings. The predicted molar refractivity (Wildman–Crippen MR) is 91.6 cm³/mol. The van der Waals surface area contributed by atoms with Gasteiger partial charge < -0.3 is 15.6 Å². The zero-order valence-electron chi connectivity index (χ0n) is 13.7. The zero-order chi connectivity index (χ0) is 16.3. The van der Waals surface area contributed by atoms with E-state index in [4.69, 9.17) is 0 Å². The lowest BCUT2D eigenvalue weighted by Gasteiger charge is -2.29. The standard InChI is InChI=1S/C16H23N3O3.ClH/c1-4-17-5-6-18-14(21)11-7-10-12(19-15(11)22)8-16(2,3)9-13(10)20;/h7,17H,4-6,8-9H2,1-3H3,(H,18,21)(H,19,22);1H. The number of ketones is 1. The number of nitrogens with one attached hydrogen (secondary N) is 3. The van der Waals surface area contributed by atoms with Crippen LogP contribution in [0.15, 0.2) is 10.9 Å². The maximum Gasteiger partial charge on any atom is 0.261 e. The quantitative estimate of drug-likeness (QED) is 0.704. The molecule has 7 heteroatoms. The molecule has 0 unspecified atom stereocenters. The first kappa shape index (κ1) is 19.4. The van der Waals surface area contributed by atoms with Gasteiger partial charge >= 0.3 is 0 Å². The molecule has 0 bridgehead atoms. The molecular weight excluding hydrogens is 318 g/mol. The molecule has 6 nitrogen and oxygen atoms in total. The number of rotatable bonds is 5. The molecule has 1 aliphatic rings. The number of Topliss-reactive ketones (excluding diaryl/α,β-unsaturated/α-hetero) is 1. The van der Waals surface area contributed by atoms with Crippen LogP contribution in [0, 0.1) is 5.41 Å². The second kappa shape index (κ2) is 7.75. The molecule has 1 aromatic rings. The van der Waals surface area contributed by atoms with Crippen molar-refractivity contribution in [1.82, 2.24) is 15.6 Å². The highest BCUT2D eigenvalue weighted by molar-refractivity contribution is 6.02. The number of aromatic nitrogens is 1. The predicted octanol–water partition coefficient (Wildman–Crippen LogP) is 1.29. The van der Waals surface area contributed by atoms with E-state index in [1.165, 1.54) is 6.07 Å². The third kappa shape index (κ3) is 4.65. The molecule has 0 radical (unpaired) electrons.